The van der Waals surface area contributed by atoms with Crippen LogP contribution in [-0.2, 0) is 9.53 Å². The Labute approximate surface area is 141 Å². The number of carbonyl (C=O) groups is 1. The first kappa shape index (κ1) is 20.0. The van der Waals surface area contributed by atoms with Crippen molar-refractivity contribution in [2.24, 2.45) is 22.2 Å². The average molecular weight is 322 g/mol. The van der Waals surface area contributed by atoms with Gasteiger partial charge in [0, 0.05) is 5.41 Å². The van der Waals surface area contributed by atoms with Gasteiger partial charge in [-0.25, -0.2) is 0 Å². The molecule has 0 radical (unpaired) electrons. The fourth-order valence-electron chi connectivity index (χ4n) is 2.98. The maximum Gasteiger partial charge on any atom is 0.314 e. The molecular weight excluding hydrogens is 288 g/mol. The van der Waals surface area contributed by atoms with E-state index in [4.69, 9.17) is 4.74 Å². The Morgan fingerprint density at radius 3 is 2.17 bits per heavy atom. The topological polar surface area (TPSA) is 46.5 Å². The molecule has 132 valence electrons. The van der Waals surface area contributed by atoms with Crippen LogP contribution in [0.3, 0.4) is 0 Å². The van der Waals surface area contributed by atoms with Crippen LogP contribution >= 0.6 is 0 Å². The molecule has 1 N–H and O–H groups in total. The Balaban J connectivity index is 3.00. The molecule has 0 aromatic heterocycles. The van der Waals surface area contributed by atoms with Crippen LogP contribution in [0.25, 0.3) is 0 Å². The summed E-state index contributed by atoms with van der Waals surface area (Å²) in [6.07, 6.45) is 3.85. The molecule has 0 bridgehead atoms. The number of allylic oxidation sites excluding steroid dienone is 1. The zero-order chi connectivity index (χ0) is 18.2. The average Bonchev–Trinajstić information content (AvgIpc) is 2.30. The zero-order valence-electron chi connectivity index (χ0n) is 16.3. The lowest BCUT2D eigenvalue weighted by molar-refractivity contribution is -0.149. The second kappa shape index (κ2) is 6.43. The molecule has 0 fully saturated rings. The number of hydrogen-bond donors (Lipinski definition) is 1. The quantitative estimate of drug-likeness (QED) is 0.755. The van der Waals surface area contributed by atoms with Crippen LogP contribution in [0.1, 0.15) is 68.7 Å². The Morgan fingerprint density at radius 2 is 1.78 bits per heavy atom. The number of esters is 1. The van der Waals surface area contributed by atoms with Crippen LogP contribution in [0.4, 0.5) is 0 Å². The summed E-state index contributed by atoms with van der Waals surface area (Å²) in [7, 11) is 0. The summed E-state index contributed by atoms with van der Waals surface area (Å²) in [5.74, 6) is 0.188. The summed E-state index contributed by atoms with van der Waals surface area (Å²) in [5, 5.41) is 10.2. The van der Waals surface area contributed by atoms with E-state index in [1.165, 1.54) is 0 Å². The molecule has 2 atom stereocenters. The van der Waals surface area contributed by atoms with Gasteiger partial charge in [0.25, 0.3) is 0 Å². The second-order valence-electron chi connectivity index (χ2n) is 9.76. The molecule has 0 aromatic carbocycles. The standard InChI is InChI=1S/C20H34O3/c1-13-10-14(11-20(8,9)16(13)21)23-17(22)15(19(5,6)7)12-18(2,3)4/h10-11,15-16,21H,12H2,1-9H3. The summed E-state index contributed by atoms with van der Waals surface area (Å²) in [5.41, 5.74) is 0.283. The van der Waals surface area contributed by atoms with Gasteiger partial charge < -0.3 is 9.84 Å². The minimum absolute atomic E-state index is 0.0547. The second-order valence-corrected chi connectivity index (χ2v) is 9.76. The van der Waals surface area contributed by atoms with Gasteiger partial charge in [-0.1, -0.05) is 55.4 Å². The van der Waals surface area contributed by atoms with E-state index >= 15 is 0 Å². The van der Waals surface area contributed by atoms with Gasteiger partial charge in [-0.2, -0.15) is 0 Å². The van der Waals surface area contributed by atoms with Crippen LogP contribution < -0.4 is 0 Å². The summed E-state index contributed by atoms with van der Waals surface area (Å²) in [6, 6.07) is 0. The molecule has 23 heavy (non-hydrogen) atoms. The third-order valence-corrected chi connectivity index (χ3v) is 4.39. The van der Waals surface area contributed by atoms with E-state index in [2.05, 4.69) is 41.5 Å². The van der Waals surface area contributed by atoms with Crippen molar-refractivity contribution in [3.8, 4) is 0 Å². The van der Waals surface area contributed by atoms with Crippen LogP contribution in [-0.4, -0.2) is 17.2 Å². The van der Waals surface area contributed by atoms with E-state index < -0.39 is 11.5 Å². The van der Waals surface area contributed by atoms with Gasteiger partial charge in [0.1, 0.15) is 5.76 Å². The van der Waals surface area contributed by atoms with Gasteiger partial charge in [-0.15, -0.1) is 0 Å². The number of aliphatic hydroxyl groups is 1. The lowest BCUT2D eigenvalue weighted by Crippen LogP contribution is -2.35. The Bertz CT molecular complexity index is 510. The van der Waals surface area contributed by atoms with Crippen LogP contribution in [0.2, 0.25) is 0 Å². The van der Waals surface area contributed by atoms with Crippen molar-refractivity contribution >= 4 is 5.97 Å². The van der Waals surface area contributed by atoms with Crippen LogP contribution in [0.5, 0.6) is 0 Å². The van der Waals surface area contributed by atoms with Gasteiger partial charge in [-0.3, -0.25) is 4.79 Å². The maximum absolute atomic E-state index is 12.8. The molecule has 0 aromatic rings. The largest absolute Gasteiger partial charge is 0.427 e. The summed E-state index contributed by atoms with van der Waals surface area (Å²) in [6.45, 7) is 18.4. The molecule has 2 unspecified atom stereocenters. The third-order valence-electron chi connectivity index (χ3n) is 4.39. The van der Waals surface area contributed by atoms with Crippen LogP contribution in [0, 0.1) is 22.2 Å². The third kappa shape index (κ3) is 5.49. The van der Waals surface area contributed by atoms with E-state index in [0.717, 1.165) is 12.0 Å². The zero-order valence-corrected chi connectivity index (χ0v) is 16.3. The van der Waals surface area contributed by atoms with E-state index in [1.807, 2.05) is 26.8 Å². The monoisotopic (exact) mass is 322 g/mol. The molecule has 0 saturated heterocycles. The van der Waals surface area contributed by atoms with Crippen molar-refractivity contribution in [3.63, 3.8) is 0 Å². The van der Waals surface area contributed by atoms with Crippen molar-refractivity contribution in [2.75, 3.05) is 0 Å². The molecule has 3 nitrogen and oxygen atoms in total. The summed E-state index contributed by atoms with van der Waals surface area (Å²) >= 11 is 0. The highest BCUT2D eigenvalue weighted by molar-refractivity contribution is 5.75. The molecule has 1 aliphatic carbocycles. The van der Waals surface area contributed by atoms with Gasteiger partial charge in [0.2, 0.25) is 0 Å². The van der Waals surface area contributed by atoms with Crippen molar-refractivity contribution in [3.05, 3.63) is 23.5 Å². The smallest absolute Gasteiger partial charge is 0.314 e. The molecule has 1 aliphatic rings. The number of carbonyl (C=O) groups excluding carboxylic acids is 1. The first-order chi connectivity index (χ1) is 10.1. The number of ether oxygens (including phenoxy) is 1. The fourth-order valence-corrected chi connectivity index (χ4v) is 2.98. The Hall–Kier alpha value is -1.09. The molecular formula is C20H34O3. The number of rotatable bonds is 3. The SMILES string of the molecule is CC1=CC(OC(=O)C(CC(C)(C)C)C(C)(C)C)=CC(C)(C)C1O. The molecule has 3 heteroatoms. The van der Waals surface area contributed by atoms with Crippen molar-refractivity contribution < 1.29 is 14.6 Å². The molecule has 0 amide bonds. The first-order valence-electron chi connectivity index (χ1n) is 8.44. The van der Waals surface area contributed by atoms with Crippen molar-refractivity contribution in [1.82, 2.24) is 0 Å². The summed E-state index contributed by atoms with van der Waals surface area (Å²) in [4.78, 5) is 12.8. The predicted molar refractivity (Wildman–Crippen MR) is 94.7 cm³/mol. The molecule has 0 saturated carbocycles. The molecule has 1 rings (SSSR count). The van der Waals surface area contributed by atoms with E-state index in [1.54, 1.807) is 6.08 Å². The number of aliphatic hydroxyl groups excluding tert-OH is 1. The molecule has 0 aliphatic heterocycles. The lowest BCUT2D eigenvalue weighted by atomic mass is 9.72. The van der Waals surface area contributed by atoms with Gasteiger partial charge >= 0.3 is 5.97 Å². The molecule has 0 spiro atoms. The van der Waals surface area contributed by atoms with E-state index in [-0.39, 0.29) is 22.7 Å². The molecule has 0 heterocycles. The van der Waals surface area contributed by atoms with Gasteiger partial charge in [0.05, 0.1) is 12.0 Å². The lowest BCUT2D eigenvalue weighted by Gasteiger charge is -2.35. The highest BCUT2D eigenvalue weighted by Gasteiger charge is 2.37. The van der Waals surface area contributed by atoms with Gasteiger partial charge in [-0.05, 0) is 41.9 Å². The Kier molecular flexibility index (Phi) is 5.58. The van der Waals surface area contributed by atoms with Crippen molar-refractivity contribution in [1.29, 1.82) is 0 Å². The van der Waals surface area contributed by atoms with Crippen molar-refractivity contribution in [2.45, 2.75) is 74.8 Å². The predicted octanol–water partition coefficient (Wildman–Crippen LogP) is 4.86. The van der Waals surface area contributed by atoms with E-state index in [0.29, 0.717) is 5.76 Å². The van der Waals surface area contributed by atoms with Crippen LogP contribution in [0.15, 0.2) is 23.5 Å². The minimum Gasteiger partial charge on any atom is -0.427 e. The normalized spacial score (nSPS) is 23.0. The first-order valence-corrected chi connectivity index (χ1v) is 8.44. The highest BCUT2D eigenvalue weighted by Crippen LogP contribution is 2.39. The van der Waals surface area contributed by atoms with Gasteiger partial charge in [0.15, 0.2) is 0 Å². The minimum atomic E-state index is -0.544. The Morgan fingerprint density at radius 1 is 1.26 bits per heavy atom. The summed E-state index contributed by atoms with van der Waals surface area (Å²) < 4.78 is 5.71. The maximum atomic E-state index is 12.8. The van der Waals surface area contributed by atoms with E-state index in [9.17, 15) is 9.90 Å². The fraction of sp³-hybridized carbons (Fsp3) is 0.750. The number of hydrogen-bond acceptors (Lipinski definition) is 3. The highest BCUT2D eigenvalue weighted by atomic mass is 16.5.